The van der Waals surface area contributed by atoms with Gasteiger partial charge in [-0.15, -0.1) is 0 Å². The predicted octanol–water partition coefficient (Wildman–Crippen LogP) is 3.93. The van der Waals surface area contributed by atoms with Crippen LogP contribution in [0.4, 0.5) is 10.5 Å². The van der Waals surface area contributed by atoms with E-state index in [1.54, 1.807) is 32.9 Å². The average molecular weight is 299 g/mol. The maximum absolute atomic E-state index is 11.7. The summed E-state index contributed by atoms with van der Waals surface area (Å²) in [5.74, 6) is 0. The summed E-state index contributed by atoms with van der Waals surface area (Å²) in [6, 6.07) is 4.62. The van der Waals surface area contributed by atoms with Crippen molar-refractivity contribution in [3.8, 4) is 0 Å². The van der Waals surface area contributed by atoms with E-state index in [0.29, 0.717) is 16.3 Å². The molecule has 0 saturated carbocycles. The molecule has 1 rings (SSSR count). The molecule has 108 valence electrons. The second-order valence-electron chi connectivity index (χ2n) is 4.96. The Morgan fingerprint density at radius 3 is 2.65 bits per heavy atom. The molecule has 6 nitrogen and oxygen atoms in total. The summed E-state index contributed by atoms with van der Waals surface area (Å²) >= 11 is 5.83. The molecule has 0 aliphatic heterocycles. The van der Waals surface area contributed by atoms with E-state index in [1.807, 2.05) is 0 Å². The second-order valence-corrected chi connectivity index (χ2v) is 5.40. The second kappa shape index (κ2) is 6.38. The van der Waals surface area contributed by atoms with Crippen molar-refractivity contribution in [1.82, 2.24) is 0 Å². The number of hydrogen-bond acceptors (Lipinski definition) is 4. The molecule has 0 radical (unpaired) electrons. The number of anilines is 1. The molecule has 1 aromatic rings. The molecule has 0 heterocycles. The minimum Gasteiger partial charge on any atom is -0.444 e. The zero-order chi connectivity index (χ0) is 15.3. The van der Waals surface area contributed by atoms with Crippen LogP contribution in [0.2, 0.25) is 5.02 Å². The van der Waals surface area contributed by atoms with Crippen molar-refractivity contribution in [1.29, 1.82) is 0 Å². The summed E-state index contributed by atoms with van der Waals surface area (Å²) in [4.78, 5) is 21.4. The third-order valence-corrected chi connectivity index (χ3v) is 2.26. The maximum Gasteiger partial charge on any atom is 0.412 e. The molecule has 0 aliphatic rings. The number of benzene rings is 1. The Hall–Kier alpha value is -2.08. The third kappa shape index (κ3) is 5.71. The van der Waals surface area contributed by atoms with Gasteiger partial charge in [0.15, 0.2) is 0 Å². The number of carbonyl (C=O) groups is 1. The SMILES string of the molecule is CC(C)(C)OC(=O)Nc1ccc(Cl)cc1/C=C/[N+](=O)[O-]. The number of nitrogens with one attached hydrogen (secondary N) is 1. The first kappa shape index (κ1) is 16.0. The lowest BCUT2D eigenvalue weighted by atomic mass is 10.1. The number of carbonyl (C=O) groups excluding carboxylic acids is 1. The number of halogens is 1. The molecular formula is C13H15ClN2O4. The Labute approximate surface area is 121 Å². The molecule has 0 bridgehead atoms. The van der Waals surface area contributed by atoms with E-state index in [1.165, 1.54) is 12.1 Å². The van der Waals surface area contributed by atoms with Gasteiger partial charge in [-0.05, 0) is 39.0 Å². The van der Waals surface area contributed by atoms with Gasteiger partial charge in [-0.1, -0.05) is 11.6 Å². The highest BCUT2D eigenvalue weighted by molar-refractivity contribution is 6.30. The van der Waals surface area contributed by atoms with Crippen LogP contribution in [0.25, 0.3) is 6.08 Å². The average Bonchev–Trinajstić information content (AvgIpc) is 2.26. The topological polar surface area (TPSA) is 81.5 Å². The Bertz CT molecular complexity index is 550. The molecule has 7 heteroatoms. The number of hydrogen-bond donors (Lipinski definition) is 1. The van der Waals surface area contributed by atoms with Crippen LogP contribution in [0.1, 0.15) is 26.3 Å². The quantitative estimate of drug-likeness (QED) is 0.677. The Morgan fingerprint density at radius 1 is 1.45 bits per heavy atom. The number of rotatable bonds is 3. The van der Waals surface area contributed by atoms with Crippen molar-refractivity contribution in [2.45, 2.75) is 26.4 Å². The molecule has 1 amide bonds. The molecule has 0 atom stereocenters. The molecule has 1 aromatic carbocycles. The summed E-state index contributed by atoms with van der Waals surface area (Å²) in [6.07, 6.45) is 1.38. The fourth-order valence-corrected chi connectivity index (χ4v) is 1.52. The van der Waals surface area contributed by atoms with Crippen LogP contribution in [-0.2, 0) is 4.74 Å². The van der Waals surface area contributed by atoms with Gasteiger partial charge in [0, 0.05) is 16.7 Å². The van der Waals surface area contributed by atoms with Crippen LogP contribution in [0.5, 0.6) is 0 Å². The molecule has 20 heavy (non-hydrogen) atoms. The van der Waals surface area contributed by atoms with Crippen molar-refractivity contribution in [2.24, 2.45) is 0 Å². The van der Waals surface area contributed by atoms with Crippen molar-refractivity contribution in [3.63, 3.8) is 0 Å². The summed E-state index contributed by atoms with van der Waals surface area (Å²) < 4.78 is 5.11. The minimum absolute atomic E-state index is 0.377. The molecular weight excluding hydrogens is 284 g/mol. The summed E-state index contributed by atoms with van der Waals surface area (Å²) in [5.41, 5.74) is 0.162. The molecule has 0 aliphatic carbocycles. The van der Waals surface area contributed by atoms with Crippen LogP contribution in [0.15, 0.2) is 24.4 Å². The van der Waals surface area contributed by atoms with Crippen molar-refractivity contribution < 1.29 is 14.5 Å². The minimum atomic E-state index is -0.643. The standard InChI is InChI=1S/C13H15ClN2O4/c1-13(2,3)20-12(17)15-11-5-4-10(14)8-9(11)6-7-16(18)19/h4-8H,1-3H3,(H,15,17)/b7-6+. The van der Waals surface area contributed by atoms with Gasteiger partial charge in [-0.2, -0.15) is 0 Å². The van der Waals surface area contributed by atoms with E-state index in [-0.39, 0.29) is 0 Å². The van der Waals surface area contributed by atoms with Crippen LogP contribution in [-0.4, -0.2) is 16.6 Å². The smallest absolute Gasteiger partial charge is 0.412 e. The largest absolute Gasteiger partial charge is 0.444 e. The van der Waals surface area contributed by atoms with Gasteiger partial charge in [-0.3, -0.25) is 15.4 Å². The van der Waals surface area contributed by atoms with Gasteiger partial charge in [0.1, 0.15) is 5.60 Å². The van der Waals surface area contributed by atoms with Crippen molar-refractivity contribution in [2.75, 3.05) is 5.32 Å². The number of amides is 1. The molecule has 1 N–H and O–H groups in total. The third-order valence-electron chi connectivity index (χ3n) is 2.03. The van der Waals surface area contributed by atoms with Crippen molar-refractivity contribution >= 4 is 29.5 Å². The van der Waals surface area contributed by atoms with Crippen LogP contribution >= 0.6 is 11.6 Å². The molecule has 0 saturated heterocycles. The van der Waals surface area contributed by atoms with Gasteiger partial charge < -0.3 is 4.74 Å². The van der Waals surface area contributed by atoms with E-state index < -0.39 is 16.6 Å². The van der Waals surface area contributed by atoms with Gasteiger partial charge in [-0.25, -0.2) is 4.79 Å². The first-order chi connectivity index (χ1) is 9.17. The number of nitrogens with zero attached hydrogens (tertiary/aromatic N) is 1. The Morgan fingerprint density at radius 2 is 2.10 bits per heavy atom. The number of nitro groups is 1. The van der Waals surface area contributed by atoms with Gasteiger partial charge >= 0.3 is 6.09 Å². The first-order valence-corrected chi connectivity index (χ1v) is 6.16. The van der Waals surface area contributed by atoms with Crippen LogP contribution in [0.3, 0.4) is 0 Å². The molecule has 0 spiro atoms. The summed E-state index contributed by atoms with van der Waals surface area (Å²) in [7, 11) is 0. The molecule has 0 fully saturated rings. The fraction of sp³-hybridized carbons (Fsp3) is 0.308. The molecule has 0 unspecified atom stereocenters. The summed E-state index contributed by atoms with van der Waals surface area (Å²) in [6.45, 7) is 5.21. The highest BCUT2D eigenvalue weighted by Gasteiger charge is 2.17. The van der Waals surface area contributed by atoms with Crippen molar-refractivity contribution in [3.05, 3.63) is 45.1 Å². The molecule has 0 aromatic heterocycles. The zero-order valence-electron chi connectivity index (χ0n) is 11.3. The lowest BCUT2D eigenvalue weighted by Crippen LogP contribution is -2.27. The lowest BCUT2D eigenvalue weighted by Gasteiger charge is -2.20. The number of ether oxygens (including phenoxy) is 1. The highest BCUT2D eigenvalue weighted by Crippen LogP contribution is 2.23. The fourth-order valence-electron chi connectivity index (χ4n) is 1.34. The van der Waals surface area contributed by atoms with Gasteiger partial charge in [0.25, 0.3) is 0 Å². The predicted molar refractivity (Wildman–Crippen MR) is 77.3 cm³/mol. The van der Waals surface area contributed by atoms with E-state index in [2.05, 4.69) is 5.32 Å². The Kier molecular flexibility index (Phi) is 5.10. The maximum atomic E-state index is 11.7. The van der Waals surface area contributed by atoms with Crippen LogP contribution < -0.4 is 5.32 Å². The van der Waals surface area contributed by atoms with E-state index >= 15 is 0 Å². The van der Waals surface area contributed by atoms with E-state index in [9.17, 15) is 14.9 Å². The first-order valence-electron chi connectivity index (χ1n) is 5.78. The van der Waals surface area contributed by atoms with Crippen LogP contribution in [0, 0.1) is 10.1 Å². The normalized spacial score (nSPS) is 11.4. The highest BCUT2D eigenvalue weighted by atomic mass is 35.5. The monoisotopic (exact) mass is 298 g/mol. The lowest BCUT2D eigenvalue weighted by molar-refractivity contribution is -0.400. The van der Waals surface area contributed by atoms with E-state index in [4.69, 9.17) is 16.3 Å². The summed E-state index contributed by atoms with van der Waals surface area (Å²) in [5, 5.41) is 13.3. The zero-order valence-corrected chi connectivity index (χ0v) is 12.1. The van der Waals surface area contributed by atoms with Gasteiger partial charge in [0.05, 0.1) is 10.6 Å². The van der Waals surface area contributed by atoms with E-state index in [0.717, 1.165) is 6.20 Å². The Balaban J connectivity index is 2.94. The van der Waals surface area contributed by atoms with Gasteiger partial charge in [0.2, 0.25) is 6.20 Å².